The van der Waals surface area contributed by atoms with Crippen molar-refractivity contribution in [1.29, 1.82) is 0 Å². The topological polar surface area (TPSA) is 37.4 Å². The molecule has 1 aliphatic carbocycles. The lowest BCUT2D eigenvalue weighted by Crippen LogP contribution is -2.33. The highest BCUT2D eigenvalue weighted by Gasteiger charge is 2.36. The Morgan fingerprint density at radius 2 is 2.12 bits per heavy atom. The van der Waals surface area contributed by atoms with Crippen LogP contribution in [-0.4, -0.2) is 24.0 Å². The first kappa shape index (κ1) is 12.9. The highest BCUT2D eigenvalue weighted by molar-refractivity contribution is 7.90. The van der Waals surface area contributed by atoms with E-state index in [4.69, 9.17) is 11.6 Å². The van der Waals surface area contributed by atoms with Crippen molar-refractivity contribution in [3.05, 3.63) is 35.4 Å². The minimum atomic E-state index is -3.31. The second-order valence-corrected chi connectivity index (χ2v) is 6.99. The van der Waals surface area contributed by atoms with Crippen LogP contribution in [0.1, 0.15) is 24.0 Å². The maximum atomic E-state index is 11.9. The number of benzene rings is 1. The molecule has 1 saturated carbocycles. The van der Waals surface area contributed by atoms with E-state index in [9.17, 15) is 8.42 Å². The summed E-state index contributed by atoms with van der Waals surface area (Å²) in [6.07, 6.45) is 1.89. The smallest absolute Gasteiger partial charge is 0.211 e. The number of nitrogens with zero attached hydrogens (tertiary/aromatic N) is 1. The van der Waals surface area contributed by atoms with Gasteiger partial charge in [0.15, 0.2) is 0 Å². The van der Waals surface area contributed by atoms with Gasteiger partial charge in [-0.15, -0.1) is 11.6 Å². The Morgan fingerprint density at radius 1 is 1.41 bits per heavy atom. The predicted molar refractivity (Wildman–Crippen MR) is 69.4 cm³/mol. The molecule has 0 heterocycles. The Morgan fingerprint density at radius 3 is 2.65 bits per heavy atom. The third-order valence-electron chi connectivity index (χ3n) is 2.87. The lowest BCUT2D eigenvalue weighted by molar-refractivity contribution is 0.401. The van der Waals surface area contributed by atoms with Crippen molar-refractivity contribution in [3.63, 3.8) is 0 Å². The molecule has 3 nitrogen and oxygen atoms in total. The largest absolute Gasteiger partial charge is 0.228 e. The molecule has 0 spiro atoms. The Bertz CT molecular complexity index is 497. The van der Waals surface area contributed by atoms with Crippen LogP contribution in [0.2, 0.25) is 0 Å². The van der Waals surface area contributed by atoms with Crippen LogP contribution >= 0.6 is 11.6 Å². The van der Waals surface area contributed by atoms with Crippen molar-refractivity contribution in [1.82, 2.24) is 4.31 Å². The molecule has 0 aliphatic heterocycles. The van der Waals surface area contributed by atoms with Crippen LogP contribution in [0.25, 0.3) is 0 Å². The van der Waals surface area contributed by atoms with E-state index in [1.54, 1.807) is 0 Å². The van der Waals surface area contributed by atoms with Crippen LogP contribution < -0.4 is 0 Å². The summed E-state index contributed by atoms with van der Waals surface area (Å²) < 4.78 is 25.3. The van der Waals surface area contributed by atoms with Crippen LogP contribution in [0.5, 0.6) is 0 Å². The number of hydrogen-bond acceptors (Lipinski definition) is 2. The van der Waals surface area contributed by atoms with Crippen molar-refractivity contribution in [3.8, 4) is 0 Å². The summed E-state index contributed by atoms with van der Waals surface area (Å²) in [6.45, 7) is 2.43. The van der Waals surface area contributed by atoms with Gasteiger partial charge in [0.25, 0.3) is 0 Å². The molecule has 0 aromatic heterocycles. The molecule has 1 fully saturated rings. The first-order valence-electron chi connectivity index (χ1n) is 5.64. The molecule has 0 radical (unpaired) electrons. The zero-order valence-corrected chi connectivity index (χ0v) is 11.3. The van der Waals surface area contributed by atoms with Crippen LogP contribution in [0.4, 0.5) is 0 Å². The maximum absolute atomic E-state index is 11.9. The normalized spacial score (nSPS) is 16.4. The molecule has 94 valence electrons. The fourth-order valence-corrected chi connectivity index (χ4v) is 3.38. The summed E-state index contributed by atoms with van der Waals surface area (Å²) >= 11 is 5.53. The highest BCUT2D eigenvalue weighted by Crippen LogP contribution is 2.31. The minimum absolute atomic E-state index is 0.152. The SMILES string of the molecule is Cc1cccc(CN(C2CC2)S(=O)(=O)CCl)c1. The fourth-order valence-electron chi connectivity index (χ4n) is 1.87. The summed E-state index contributed by atoms with van der Waals surface area (Å²) in [5.41, 5.74) is 2.16. The van der Waals surface area contributed by atoms with Crippen LogP contribution in [0.3, 0.4) is 0 Å². The molecule has 0 N–H and O–H groups in total. The zero-order chi connectivity index (χ0) is 12.5. The Balaban J connectivity index is 2.19. The van der Waals surface area contributed by atoms with Crippen molar-refractivity contribution < 1.29 is 8.42 Å². The third kappa shape index (κ3) is 3.21. The van der Waals surface area contributed by atoms with Gasteiger partial charge in [-0.1, -0.05) is 29.8 Å². The maximum Gasteiger partial charge on any atom is 0.228 e. The third-order valence-corrected chi connectivity index (χ3v) is 5.12. The summed E-state index contributed by atoms with van der Waals surface area (Å²) in [4.78, 5) is 0. The molecule has 0 unspecified atom stereocenters. The average Bonchev–Trinajstić information content (AvgIpc) is 3.10. The van der Waals surface area contributed by atoms with E-state index >= 15 is 0 Å². The molecule has 1 aromatic rings. The second kappa shape index (κ2) is 4.96. The van der Waals surface area contributed by atoms with Crippen LogP contribution in [0, 0.1) is 6.92 Å². The highest BCUT2D eigenvalue weighted by atomic mass is 35.5. The molecule has 2 rings (SSSR count). The molecular weight excluding hydrogens is 258 g/mol. The van der Waals surface area contributed by atoms with Gasteiger partial charge in [-0.2, -0.15) is 4.31 Å². The molecule has 0 bridgehead atoms. The van der Waals surface area contributed by atoms with Crippen LogP contribution in [-0.2, 0) is 16.6 Å². The molecule has 0 amide bonds. The van der Waals surface area contributed by atoms with Gasteiger partial charge in [0.2, 0.25) is 10.0 Å². The van der Waals surface area contributed by atoms with E-state index in [1.165, 1.54) is 4.31 Å². The van der Waals surface area contributed by atoms with Crippen molar-refractivity contribution >= 4 is 21.6 Å². The fraction of sp³-hybridized carbons (Fsp3) is 0.500. The number of halogens is 1. The first-order valence-corrected chi connectivity index (χ1v) is 7.78. The summed E-state index contributed by atoms with van der Waals surface area (Å²) in [5.74, 6) is 0. The lowest BCUT2D eigenvalue weighted by atomic mass is 10.1. The summed E-state index contributed by atoms with van der Waals surface area (Å²) in [7, 11) is -3.31. The standard InChI is InChI=1S/C12H16ClNO2S/c1-10-3-2-4-11(7-10)8-14(12-5-6-12)17(15,16)9-13/h2-4,7,12H,5-6,8-9H2,1H3. The van der Waals surface area contributed by atoms with Gasteiger partial charge >= 0.3 is 0 Å². The molecule has 1 aliphatic rings. The van der Waals surface area contributed by atoms with E-state index in [1.807, 2.05) is 31.2 Å². The first-order chi connectivity index (χ1) is 8.03. The Hall–Kier alpha value is -0.580. The van der Waals surface area contributed by atoms with Crippen molar-refractivity contribution in [2.45, 2.75) is 32.4 Å². The van der Waals surface area contributed by atoms with E-state index < -0.39 is 10.0 Å². The van der Waals surface area contributed by atoms with E-state index in [-0.39, 0.29) is 11.3 Å². The summed E-state index contributed by atoms with van der Waals surface area (Å²) in [5, 5.41) is -0.338. The van der Waals surface area contributed by atoms with Crippen molar-refractivity contribution in [2.75, 3.05) is 5.21 Å². The number of aryl methyl sites for hydroxylation is 1. The number of sulfonamides is 1. The van der Waals surface area contributed by atoms with Gasteiger partial charge in [-0.25, -0.2) is 8.42 Å². The quantitative estimate of drug-likeness (QED) is 0.773. The van der Waals surface area contributed by atoms with E-state index in [0.717, 1.165) is 24.0 Å². The van der Waals surface area contributed by atoms with Gasteiger partial charge in [0.1, 0.15) is 5.21 Å². The number of hydrogen-bond donors (Lipinski definition) is 0. The molecule has 0 saturated heterocycles. The Kier molecular flexibility index (Phi) is 3.76. The lowest BCUT2D eigenvalue weighted by Gasteiger charge is -2.20. The van der Waals surface area contributed by atoms with Crippen LogP contribution in [0.15, 0.2) is 24.3 Å². The molecule has 1 aromatic carbocycles. The van der Waals surface area contributed by atoms with Gasteiger partial charge in [0.05, 0.1) is 0 Å². The van der Waals surface area contributed by atoms with E-state index in [0.29, 0.717) is 6.54 Å². The molecular formula is C12H16ClNO2S. The van der Waals surface area contributed by atoms with Gasteiger partial charge < -0.3 is 0 Å². The van der Waals surface area contributed by atoms with E-state index in [2.05, 4.69) is 0 Å². The number of rotatable bonds is 5. The second-order valence-electron chi connectivity index (χ2n) is 4.49. The zero-order valence-electron chi connectivity index (χ0n) is 9.77. The number of alkyl halides is 1. The molecule has 5 heteroatoms. The molecule has 17 heavy (non-hydrogen) atoms. The van der Waals surface area contributed by atoms with Gasteiger partial charge in [0, 0.05) is 12.6 Å². The predicted octanol–water partition coefficient (Wildman–Crippen LogP) is 2.49. The van der Waals surface area contributed by atoms with Gasteiger partial charge in [-0.05, 0) is 25.3 Å². The van der Waals surface area contributed by atoms with Gasteiger partial charge in [-0.3, -0.25) is 0 Å². The monoisotopic (exact) mass is 273 g/mol. The minimum Gasteiger partial charge on any atom is -0.211 e. The van der Waals surface area contributed by atoms with Crippen molar-refractivity contribution in [2.24, 2.45) is 0 Å². The molecule has 0 atom stereocenters. The summed E-state index contributed by atoms with van der Waals surface area (Å²) in [6, 6.07) is 8.06. The Labute approximate surface area is 107 Å². The average molecular weight is 274 g/mol.